The molecule has 3 rings (SSSR count). The number of aryl methyl sites for hydroxylation is 1. The van der Waals surface area contributed by atoms with Gasteiger partial charge in [-0.1, -0.05) is 35.3 Å². The molecule has 1 saturated carbocycles. The summed E-state index contributed by atoms with van der Waals surface area (Å²) >= 11 is 12.3. The maximum atomic E-state index is 10.2. The van der Waals surface area contributed by atoms with E-state index in [0.717, 1.165) is 0 Å². The van der Waals surface area contributed by atoms with Crippen molar-refractivity contribution >= 4 is 40.4 Å². The highest BCUT2D eigenvalue weighted by atomic mass is 35.5. The first-order valence-corrected chi connectivity index (χ1v) is 9.10. The number of azo groups is 1. The third-order valence-electron chi connectivity index (χ3n) is 4.42. The lowest BCUT2D eigenvalue weighted by atomic mass is 10.1. The monoisotopic (exact) mass is 411 g/mol. The summed E-state index contributed by atoms with van der Waals surface area (Å²) in [5.41, 5.74) is 0.648. The van der Waals surface area contributed by atoms with Crippen molar-refractivity contribution in [2.75, 3.05) is 11.9 Å². The van der Waals surface area contributed by atoms with E-state index in [1.54, 1.807) is 31.2 Å². The minimum Gasteiger partial charge on any atom is -0.396 e. The summed E-state index contributed by atoms with van der Waals surface area (Å²) in [6.07, 6.45) is -1.73. The highest BCUT2D eigenvalue weighted by molar-refractivity contribution is 6.33. The van der Waals surface area contributed by atoms with E-state index in [0.29, 0.717) is 23.0 Å². The summed E-state index contributed by atoms with van der Waals surface area (Å²) in [7, 11) is 0. The number of anilines is 1. The van der Waals surface area contributed by atoms with Crippen molar-refractivity contribution in [2.45, 2.75) is 31.6 Å². The van der Waals surface area contributed by atoms with Gasteiger partial charge in [0, 0.05) is 12.5 Å². The summed E-state index contributed by atoms with van der Waals surface area (Å²) in [4.78, 5) is 8.38. The van der Waals surface area contributed by atoms with Gasteiger partial charge in [-0.25, -0.2) is 9.97 Å². The van der Waals surface area contributed by atoms with E-state index in [9.17, 15) is 15.3 Å². The van der Waals surface area contributed by atoms with Gasteiger partial charge < -0.3 is 20.6 Å². The molecule has 4 N–H and O–H groups in total. The fraction of sp³-hybridized carbons (Fsp3) is 0.412. The van der Waals surface area contributed by atoms with Gasteiger partial charge in [0.15, 0.2) is 16.7 Å². The average molecular weight is 412 g/mol. The second-order valence-corrected chi connectivity index (χ2v) is 7.09. The molecule has 0 aliphatic heterocycles. The molecule has 0 unspecified atom stereocenters. The van der Waals surface area contributed by atoms with Crippen LogP contribution in [-0.2, 0) is 0 Å². The summed E-state index contributed by atoms with van der Waals surface area (Å²) in [5, 5.41) is 41.3. The molecular weight excluding hydrogens is 393 g/mol. The number of aromatic nitrogens is 2. The second kappa shape index (κ2) is 8.45. The Hall–Kier alpha value is -1.84. The minimum absolute atomic E-state index is 0.0903. The number of nitrogens with zero attached hydrogens (tertiary/aromatic N) is 4. The molecule has 1 aliphatic carbocycles. The van der Waals surface area contributed by atoms with Crippen LogP contribution in [0.15, 0.2) is 34.5 Å². The summed E-state index contributed by atoms with van der Waals surface area (Å²) < 4.78 is 0. The van der Waals surface area contributed by atoms with Gasteiger partial charge in [-0.15, -0.1) is 10.2 Å². The smallest absolute Gasteiger partial charge is 0.165 e. The maximum absolute atomic E-state index is 10.2. The van der Waals surface area contributed by atoms with Gasteiger partial charge in [0.25, 0.3) is 0 Å². The molecule has 0 amide bonds. The lowest BCUT2D eigenvalue weighted by Crippen LogP contribution is -2.35. The standard InChI is InChI=1S/C17H19Cl2N5O3/c1-8-20-16(19)13(24-23-11-5-3-2-4-10(11)18)17(21-8)22-12-6-9(7-25)14(26)15(12)27/h2-5,9,12,14-15,25-27H,6-7H2,1H3,(H,20,21,22)/b24-23+/t9-,12-,14-,15+/m1/s1. The van der Waals surface area contributed by atoms with Gasteiger partial charge in [0.1, 0.15) is 17.6 Å². The fourth-order valence-corrected chi connectivity index (χ4v) is 3.41. The van der Waals surface area contributed by atoms with E-state index in [2.05, 4.69) is 25.5 Å². The Morgan fingerprint density at radius 3 is 2.56 bits per heavy atom. The third kappa shape index (κ3) is 4.36. The molecule has 2 aromatic rings. The minimum atomic E-state index is -1.07. The highest BCUT2D eigenvalue weighted by Crippen LogP contribution is 2.36. The molecule has 0 saturated heterocycles. The van der Waals surface area contributed by atoms with Gasteiger partial charge in [0.2, 0.25) is 0 Å². The molecule has 27 heavy (non-hydrogen) atoms. The fourth-order valence-electron chi connectivity index (χ4n) is 2.98. The molecular formula is C17H19Cl2N5O3. The van der Waals surface area contributed by atoms with Gasteiger partial charge in [-0.3, -0.25) is 0 Å². The lowest BCUT2D eigenvalue weighted by Gasteiger charge is -2.19. The van der Waals surface area contributed by atoms with E-state index >= 15 is 0 Å². The SMILES string of the molecule is Cc1nc(Cl)c(/N=N/c2ccccc2Cl)c(N[C@@H]2C[C@H](CO)[C@@H](O)[C@H]2O)n1. The van der Waals surface area contributed by atoms with Crippen molar-refractivity contribution in [2.24, 2.45) is 16.1 Å². The molecule has 0 spiro atoms. The van der Waals surface area contributed by atoms with Gasteiger partial charge in [0.05, 0.1) is 17.2 Å². The van der Waals surface area contributed by atoms with Crippen molar-refractivity contribution in [1.29, 1.82) is 0 Å². The summed E-state index contributed by atoms with van der Waals surface area (Å²) in [6, 6.07) is 6.41. The highest BCUT2D eigenvalue weighted by Gasteiger charge is 2.41. The molecule has 0 radical (unpaired) electrons. The average Bonchev–Trinajstić information content (AvgIpc) is 2.90. The predicted octanol–water partition coefficient (Wildman–Crippen LogP) is 3.02. The Bertz CT molecular complexity index is 851. The number of aliphatic hydroxyl groups excluding tert-OH is 3. The number of benzene rings is 1. The molecule has 0 bridgehead atoms. The number of hydrogen-bond donors (Lipinski definition) is 4. The van der Waals surface area contributed by atoms with E-state index in [4.69, 9.17) is 23.2 Å². The van der Waals surface area contributed by atoms with Crippen LogP contribution in [0.3, 0.4) is 0 Å². The molecule has 4 atom stereocenters. The molecule has 144 valence electrons. The van der Waals surface area contributed by atoms with Crippen molar-refractivity contribution in [3.8, 4) is 0 Å². The number of aliphatic hydroxyl groups is 3. The molecule has 1 aromatic heterocycles. The first kappa shape index (κ1) is 19.9. The number of nitrogens with one attached hydrogen (secondary N) is 1. The topological polar surface area (TPSA) is 123 Å². The van der Waals surface area contributed by atoms with Crippen LogP contribution in [0.25, 0.3) is 0 Å². The van der Waals surface area contributed by atoms with Crippen molar-refractivity contribution in [3.05, 3.63) is 40.3 Å². The third-order valence-corrected chi connectivity index (χ3v) is 5.01. The molecule has 1 aliphatic rings. The van der Waals surface area contributed by atoms with Crippen molar-refractivity contribution < 1.29 is 15.3 Å². The molecule has 8 nitrogen and oxygen atoms in total. The predicted molar refractivity (Wildman–Crippen MR) is 102 cm³/mol. The van der Waals surface area contributed by atoms with Crippen LogP contribution in [0.1, 0.15) is 12.2 Å². The van der Waals surface area contributed by atoms with Crippen LogP contribution in [-0.4, -0.2) is 50.1 Å². The molecule has 1 heterocycles. The summed E-state index contributed by atoms with van der Waals surface area (Å²) in [5.74, 6) is 0.258. The normalized spacial score (nSPS) is 25.3. The Kier molecular flexibility index (Phi) is 6.23. The van der Waals surface area contributed by atoms with Crippen LogP contribution in [0, 0.1) is 12.8 Å². The van der Waals surface area contributed by atoms with E-state index in [1.165, 1.54) is 0 Å². The van der Waals surface area contributed by atoms with E-state index in [-0.39, 0.29) is 23.3 Å². The quantitative estimate of drug-likeness (QED) is 0.442. The largest absolute Gasteiger partial charge is 0.396 e. The maximum Gasteiger partial charge on any atom is 0.165 e. The van der Waals surface area contributed by atoms with Crippen LogP contribution >= 0.6 is 23.2 Å². The number of rotatable bonds is 5. The van der Waals surface area contributed by atoms with Crippen molar-refractivity contribution in [3.63, 3.8) is 0 Å². The first-order chi connectivity index (χ1) is 12.9. The van der Waals surface area contributed by atoms with Crippen LogP contribution in [0.5, 0.6) is 0 Å². The van der Waals surface area contributed by atoms with E-state index in [1.807, 2.05) is 0 Å². The van der Waals surface area contributed by atoms with Crippen LogP contribution in [0.2, 0.25) is 10.2 Å². The van der Waals surface area contributed by atoms with Crippen LogP contribution in [0.4, 0.5) is 17.2 Å². The first-order valence-electron chi connectivity index (χ1n) is 8.34. The van der Waals surface area contributed by atoms with Crippen molar-refractivity contribution in [1.82, 2.24) is 9.97 Å². The Morgan fingerprint density at radius 2 is 1.89 bits per heavy atom. The zero-order valence-electron chi connectivity index (χ0n) is 14.4. The van der Waals surface area contributed by atoms with Crippen LogP contribution < -0.4 is 5.32 Å². The zero-order valence-corrected chi connectivity index (χ0v) is 15.9. The number of hydrogen-bond acceptors (Lipinski definition) is 8. The van der Waals surface area contributed by atoms with Gasteiger partial charge in [-0.2, -0.15) is 0 Å². The van der Waals surface area contributed by atoms with Gasteiger partial charge in [-0.05, 0) is 25.5 Å². The second-order valence-electron chi connectivity index (χ2n) is 6.32. The molecule has 1 fully saturated rings. The zero-order chi connectivity index (χ0) is 19.6. The summed E-state index contributed by atoms with van der Waals surface area (Å²) in [6.45, 7) is 1.45. The Labute approximate surface area is 165 Å². The Balaban J connectivity index is 1.91. The molecule has 1 aromatic carbocycles. The van der Waals surface area contributed by atoms with Gasteiger partial charge >= 0.3 is 0 Å². The van der Waals surface area contributed by atoms with E-state index < -0.39 is 24.2 Å². The Morgan fingerprint density at radius 1 is 1.15 bits per heavy atom. The number of halogens is 2. The lowest BCUT2D eigenvalue weighted by molar-refractivity contribution is 0.00446. The molecule has 10 heteroatoms.